The van der Waals surface area contributed by atoms with E-state index in [-0.39, 0.29) is 0 Å². The summed E-state index contributed by atoms with van der Waals surface area (Å²) in [5.74, 6) is 0.461. The van der Waals surface area contributed by atoms with Gasteiger partial charge >= 0.3 is 0 Å². The molecule has 2 aromatic rings. The van der Waals surface area contributed by atoms with E-state index in [1.165, 1.54) is 0 Å². The zero-order valence-corrected chi connectivity index (χ0v) is 10.2. The highest BCUT2D eigenvalue weighted by Crippen LogP contribution is 2.17. The average Bonchev–Trinajstić information content (AvgIpc) is 2.60. The molecule has 0 atom stereocenters. The Morgan fingerprint density at radius 3 is 2.50 bits per heavy atom. The summed E-state index contributed by atoms with van der Waals surface area (Å²) in [6.07, 6.45) is 1.82. The van der Waals surface area contributed by atoms with Crippen LogP contribution in [0.1, 0.15) is 36.8 Å². The van der Waals surface area contributed by atoms with Crippen LogP contribution in [0.3, 0.4) is 0 Å². The van der Waals surface area contributed by atoms with Crippen LogP contribution in [0.25, 0.3) is 5.69 Å². The first-order valence-corrected chi connectivity index (χ1v) is 5.57. The molecule has 2 heterocycles. The highest BCUT2D eigenvalue weighted by Gasteiger charge is 2.08. The minimum absolute atomic E-state index is 0.461. The number of rotatable bonds is 2. The van der Waals surface area contributed by atoms with Crippen LogP contribution in [0.15, 0.2) is 24.4 Å². The quantitative estimate of drug-likeness (QED) is 0.771. The zero-order valence-electron chi connectivity index (χ0n) is 10.2. The molecule has 84 valence electrons. The summed E-state index contributed by atoms with van der Waals surface area (Å²) in [4.78, 5) is 4.20. The lowest BCUT2D eigenvalue weighted by Crippen LogP contribution is -2.00. The third-order valence-electron chi connectivity index (χ3n) is 2.62. The molecule has 0 aliphatic rings. The SMILES string of the molecule is Cc1cc(-n2nc(C(C)C)cc2C)ccn1. The second kappa shape index (κ2) is 4.08. The van der Waals surface area contributed by atoms with E-state index in [2.05, 4.69) is 36.9 Å². The van der Waals surface area contributed by atoms with Crippen molar-refractivity contribution in [3.05, 3.63) is 41.5 Å². The van der Waals surface area contributed by atoms with Crippen molar-refractivity contribution in [1.29, 1.82) is 0 Å². The summed E-state index contributed by atoms with van der Waals surface area (Å²) in [7, 11) is 0. The van der Waals surface area contributed by atoms with E-state index in [1.54, 1.807) is 0 Å². The molecule has 3 heteroatoms. The lowest BCUT2D eigenvalue weighted by atomic mass is 10.1. The molecular formula is C13H17N3. The van der Waals surface area contributed by atoms with Gasteiger partial charge in [-0.15, -0.1) is 0 Å². The average molecular weight is 215 g/mol. The van der Waals surface area contributed by atoms with Crippen LogP contribution < -0.4 is 0 Å². The minimum atomic E-state index is 0.461. The Kier molecular flexibility index (Phi) is 2.77. The van der Waals surface area contributed by atoms with Gasteiger partial charge in [0.05, 0.1) is 11.4 Å². The Morgan fingerprint density at radius 1 is 1.19 bits per heavy atom. The molecular weight excluding hydrogens is 198 g/mol. The van der Waals surface area contributed by atoms with Crippen molar-refractivity contribution in [2.24, 2.45) is 0 Å². The maximum atomic E-state index is 4.61. The fourth-order valence-electron chi connectivity index (χ4n) is 1.70. The van der Waals surface area contributed by atoms with Crippen molar-refractivity contribution in [3.8, 4) is 5.69 Å². The molecule has 0 saturated carbocycles. The van der Waals surface area contributed by atoms with Gasteiger partial charge < -0.3 is 0 Å². The Morgan fingerprint density at radius 2 is 1.94 bits per heavy atom. The molecule has 0 radical (unpaired) electrons. The Bertz CT molecular complexity index is 498. The number of nitrogens with zero attached hydrogens (tertiary/aromatic N) is 3. The van der Waals surface area contributed by atoms with Gasteiger partial charge in [0.25, 0.3) is 0 Å². The molecule has 0 aromatic carbocycles. The molecule has 0 spiro atoms. The lowest BCUT2D eigenvalue weighted by molar-refractivity contribution is 0.759. The predicted octanol–water partition coefficient (Wildman–Crippen LogP) is 3.01. The van der Waals surface area contributed by atoms with E-state index in [0.717, 1.165) is 22.8 Å². The fourth-order valence-corrected chi connectivity index (χ4v) is 1.70. The molecule has 16 heavy (non-hydrogen) atoms. The standard InChI is InChI=1S/C13H17N3/c1-9(2)13-8-11(4)16(15-13)12-5-6-14-10(3)7-12/h5-9H,1-4H3. The van der Waals surface area contributed by atoms with Crippen molar-refractivity contribution in [2.45, 2.75) is 33.6 Å². The molecule has 0 unspecified atom stereocenters. The first-order chi connectivity index (χ1) is 7.58. The molecule has 0 saturated heterocycles. The zero-order chi connectivity index (χ0) is 11.7. The van der Waals surface area contributed by atoms with Gasteiger partial charge in [-0.05, 0) is 38.0 Å². The summed E-state index contributed by atoms with van der Waals surface area (Å²) < 4.78 is 1.98. The maximum Gasteiger partial charge on any atom is 0.0682 e. The molecule has 0 N–H and O–H groups in total. The second-order valence-corrected chi connectivity index (χ2v) is 4.43. The number of aryl methyl sites for hydroxylation is 2. The van der Waals surface area contributed by atoms with Gasteiger partial charge in [0.2, 0.25) is 0 Å². The highest BCUT2D eigenvalue weighted by molar-refractivity contribution is 5.33. The summed E-state index contributed by atoms with van der Waals surface area (Å²) in [6, 6.07) is 6.17. The molecule has 2 aromatic heterocycles. The topological polar surface area (TPSA) is 30.7 Å². The fraction of sp³-hybridized carbons (Fsp3) is 0.385. The van der Waals surface area contributed by atoms with Crippen LogP contribution in [-0.4, -0.2) is 14.8 Å². The van der Waals surface area contributed by atoms with Crippen LogP contribution in [0.2, 0.25) is 0 Å². The van der Waals surface area contributed by atoms with Gasteiger partial charge in [0, 0.05) is 17.6 Å². The Balaban J connectivity index is 2.48. The highest BCUT2D eigenvalue weighted by atomic mass is 15.3. The third kappa shape index (κ3) is 1.98. The Labute approximate surface area is 96.1 Å². The predicted molar refractivity (Wildman–Crippen MR) is 64.9 cm³/mol. The number of aromatic nitrogens is 3. The van der Waals surface area contributed by atoms with E-state index >= 15 is 0 Å². The second-order valence-electron chi connectivity index (χ2n) is 4.43. The molecule has 2 rings (SSSR count). The molecule has 0 bridgehead atoms. The van der Waals surface area contributed by atoms with Gasteiger partial charge in [-0.2, -0.15) is 5.10 Å². The van der Waals surface area contributed by atoms with Crippen LogP contribution >= 0.6 is 0 Å². The summed E-state index contributed by atoms with van der Waals surface area (Å²) >= 11 is 0. The van der Waals surface area contributed by atoms with Gasteiger partial charge in [-0.3, -0.25) is 4.98 Å². The third-order valence-corrected chi connectivity index (χ3v) is 2.62. The maximum absolute atomic E-state index is 4.61. The van der Waals surface area contributed by atoms with Gasteiger partial charge in [0.1, 0.15) is 0 Å². The largest absolute Gasteiger partial charge is 0.261 e. The summed E-state index contributed by atoms with van der Waals surface area (Å²) in [5.41, 5.74) is 4.39. The first-order valence-electron chi connectivity index (χ1n) is 5.57. The monoisotopic (exact) mass is 215 g/mol. The summed E-state index contributed by atoms with van der Waals surface area (Å²) in [6.45, 7) is 8.38. The van der Waals surface area contributed by atoms with E-state index < -0.39 is 0 Å². The molecule has 0 fully saturated rings. The van der Waals surface area contributed by atoms with Gasteiger partial charge in [-0.1, -0.05) is 13.8 Å². The lowest BCUT2D eigenvalue weighted by Gasteiger charge is -2.04. The van der Waals surface area contributed by atoms with Crippen molar-refractivity contribution >= 4 is 0 Å². The number of hydrogen-bond donors (Lipinski definition) is 0. The molecule has 0 aliphatic carbocycles. The molecule has 3 nitrogen and oxygen atoms in total. The van der Waals surface area contributed by atoms with E-state index in [0.29, 0.717) is 5.92 Å². The smallest absolute Gasteiger partial charge is 0.0682 e. The van der Waals surface area contributed by atoms with Crippen LogP contribution in [0.4, 0.5) is 0 Å². The van der Waals surface area contributed by atoms with Crippen molar-refractivity contribution in [2.75, 3.05) is 0 Å². The number of pyridine rings is 1. The van der Waals surface area contributed by atoms with Crippen molar-refractivity contribution in [1.82, 2.24) is 14.8 Å². The van der Waals surface area contributed by atoms with Crippen LogP contribution in [0.5, 0.6) is 0 Å². The molecule has 0 amide bonds. The van der Waals surface area contributed by atoms with Crippen molar-refractivity contribution in [3.63, 3.8) is 0 Å². The summed E-state index contributed by atoms with van der Waals surface area (Å²) in [5, 5.41) is 4.61. The number of hydrogen-bond acceptors (Lipinski definition) is 2. The molecule has 0 aliphatic heterocycles. The van der Waals surface area contributed by atoms with Gasteiger partial charge in [0.15, 0.2) is 0 Å². The minimum Gasteiger partial charge on any atom is -0.261 e. The van der Waals surface area contributed by atoms with Crippen molar-refractivity contribution < 1.29 is 0 Å². The van der Waals surface area contributed by atoms with Crippen LogP contribution in [0, 0.1) is 13.8 Å². The van der Waals surface area contributed by atoms with Gasteiger partial charge in [-0.25, -0.2) is 4.68 Å². The normalized spacial score (nSPS) is 11.1. The Hall–Kier alpha value is -1.64. The van der Waals surface area contributed by atoms with E-state index in [9.17, 15) is 0 Å². The van der Waals surface area contributed by atoms with E-state index in [1.807, 2.05) is 29.9 Å². The van der Waals surface area contributed by atoms with Crippen LogP contribution in [-0.2, 0) is 0 Å². The first kappa shape index (κ1) is 10.9. The van der Waals surface area contributed by atoms with E-state index in [4.69, 9.17) is 0 Å².